The lowest BCUT2D eigenvalue weighted by atomic mass is 10.00. The molecule has 6 heteroatoms. The van der Waals surface area contributed by atoms with Crippen molar-refractivity contribution in [1.29, 1.82) is 0 Å². The molecule has 2 aliphatic rings. The third-order valence-corrected chi connectivity index (χ3v) is 4.58. The standard InChI is InChI=1S/C21H27NO4S/c1-5-25-21(24)26-20-18-11-8-15(12-27)7-10-16(18)17(9-6-13(2)3)19(20)22-14(4)23/h7-8,10-11,13,27H,5-6,9,12H2,1-4H3,(H,22,23). The van der Waals surface area contributed by atoms with Crippen molar-refractivity contribution < 1.29 is 19.1 Å². The number of amides is 1. The molecule has 2 rings (SSSR count). The van der Waals surface area contributed by atoms with E-state index in [0.29, 0.717) is 23.1 Å². The summed E-state index contributed by atoms with van der Waals surface area (Å²) in [5.74, 6) is 1.22. The zero-order valence-electron chi connectivity index (χ0n) is 16.3. The van der Waals surface area contributed by atoms with E-state index < -0.39 is 6.16 Å². The van der Waals surface area contributed by atoms with Gasteiger partial charge in [0.1, 0.15) is 0 Å². The maximum absolute atomic E-state index is 12.0. The summed E-state index contributed by atoms with van der Waals surface area (Å²) >= 11 is 4.34. The van der Waals surface area contributed by atoms with Gasteiger partial charge in [0.05, 0.1) is 12.3 Å². The number of hydrogen-bond acceptors (Lipinski definition) is 5. The molecule has 1 amide bonds. The zero-order valence-corrected chi connectivity index (χ0v) is 17.2. The number of fused-ring (bicyclic) bond motifs is 1. The van der Waals surface area contributed by atoms with E-state index in [1.807, 2.05) is 24.3 Å². The van der Waals surface area contributed by atoms with Gasteiger partial charge in [-0.1, -0.05) is 38.1 Å². The van der Waals surface area contributed by atoms with E-state index in [-0.39, 0.29) is 12.5 Å². The number of nitrogens with one attached hydrogen (secondary N) is 1. The van der Waals surface area contributed by atoms with E-state index >= 15 is 0 Å². The van der Waals surface area contributed by atoms with E-state index in [9.17, 15) is 9.59 Å². The van der Waals surface area contributed by atoms with Crippen LogP contribution >= 0.6 is 12.6 Å². The molecule has 0 unspecified atom stereocenters. The highest BCUT2D eigenvalue weighted by atomic mass is 32.1. The fourth-order valence-electron chi connectivity index (χ4n) is 2.93. The summed E-state index contributed by atoms with van der Waals surface area (Å²) in [6, 6.07) is 7.84. The maximum atomic E-state index is 12.0. The van der Waals surface area contributed by atoms with Gasteiger partial charge >= 0.3 is 6.16 Å². The first-order valence-corrected chi connectivity index (χ1v) is 9.81. The third kappa shape index (κ3) is 5.39. The summed E-state index contributed by atoms with van der Waals surface area (Å²) < 4.78 is 10.5. The summed E-state index contributed by atoms with van der Waals surface area (Å²) in [5, 5.41) is 2.85. The van der Waals surface area contributed by atoms with Gasteiger partial charge in [-0.2, -0.15) is 12.6 Å². The molecule has 0 aromatic rings. The number of carbonyl (C=O) groups is 2. The Kier molecular flexibility index (Phi) is 7.54. The number of rotatable bonds is 7. The first-order valence-electron chi connectivity index (χ1n) is 9.17. The summed E-state index contributed by atoms with van der Waals surface area (Å²) in [6.45, 7) is 7.67. The second kappa shape index (κ2) is 9.65. The van der Waals surface area contributed by atoms with Gasteiger partial charge in [0.15, 0.2) is 5.75 Å². The number of thiol groups is 1. The van der Waals surface area contributed by atoms with Gasteiger partial charge < -0.3 is 14.8 Å². The lowest BCUT2D eigenvalue weighted by molar-refractivity contribution is -0.114. The second-order valence-corrected chi connectivity index (χ2v) is 7.12. The van der Waals surface area contributed by atoms with Crippen LogP contribution in [-0.2, 0) is 21.7 Å². The van der Waals surface area contributed by atoms with Gasteiger partial charge in [0.2, 0.25) is 5.91 Å². The molecular weight excluding hydrogens is 362 g/mol. The van der Waals surface area contributed by atoms with Crippen LogP contribution in [0.4, 0.5) is 10.5 Å². The Morgan fingerprint density at radius 2 is 1.81 bits per heavy atom. The highest BCUT2D eigenvalue weighted by Gasteiger charge is 2.27. The predicted octanol–water partition coefficient (Wildman–Crippen LogP) is 5.30. The minimum atomic E-state index is -0.785. The smallest absolute Gasteiger partial charge is 0.434 e. The Morgan fingerprint density at radius 1 is 1.15 bits per heavy atom. The monoisotopic (exact) mass is 389 g/mol. The molecule has 0 radical (unpaired) electrons. The SMILES string of the molecule is CCOC(=O)Oc1c2ccc(CS)ccc-2c(CCC(C)C)c1NC(C)=O. The Balaban J connectivity index is 2.65. The van der Waals surface area contributed by atoms with E-state index in [1.165, 1.54) is 6.92 Å². The van der Waals surface area contributed by atoms with Crippen molar-refractivity contribution in [3.63, 3.8) is 0 Å². The third-order valence-electron chi connectivity index (χ3n) is 4.22. The van der Waals surface area contributed by atoms with E-state index in [1.54, 1.807) is 6.92 Å². The van der Waals surface area contributed by atoms with Crippen LogP contribution < -0.4 is 10.1 Å². The summed E-state index contributed by atoms with van der Waals surface area (Å²) in [5.41, 5.74) is 4.28. The molecule has 0 aromatic heterocycles. The quantitative estimate of drug-likeness (QED) is 0.498. The fourth-order valence-corrected chi connectivity index (χ4v) is 3.14. The van der Waals surface area contributed by atoms with Crippen molar-refractivity contribution in [1.82, 2.24) is 0 Å². The molecule has 0 saturated carbocycles. The molecule has 1 N–H and O–H groups in total. The highest BCUT2D eigenvalue weighted by Crippen LogP contribution is 2.47. The Labute approximate surface area is 166 Å². The van der Waals surface area contributed by atoms with Gasteiger partial charge in [-0.3, -0.25) is 4.79 Å². The van der Waals surface area contributed by atoms with Crippen LogP contribution in [0.25, 0.3) is 11.1 Å². The van der Waals surface area contributed by atoms with Crippen LogP contribution in [0.1, 0.15) is 45.2 Å². The van der Waals surface area contributed by atoms with Crippen LogP contribution in [-0.4, -0.2) is 18.7 Å². The Morgan fingerprint density at radius 3 is 2.37 bits per heavy atom. The molecule has 0 bridgehead atoms. The summed E-state index contributed by atoms with van der Waals surface area (Å²) in [6.07, 6.45) is 0.922. The highest BCUT2D eigenvalue weighted by molar-refractivity contribution is 7.79. The van der Waals surface area contributed by atoms with Gasteiger partial charge in [-0.05, 0) is 42.4 Å². The van der Waals surface area contributed by atoms with Crippen molar-refractivity contribution >= 4 is 30.4 Å². The minimum absolute atomic E-state index is 0.213. The van der Waals surface area contributed by atoms with E-state index in [4.69, 9.17) is 9.47 Å². The average molecular weight is 390 g/mol. The van der Waals surface area contributed by atoms with Gasteiger partial charge in [-0.25, -0.2) is 4.79 Å². The molecule has 0 spiro atoms. The molecule has 0 saturated heterocycles. The molecule has 0 aliphatic heterocycles. The van der Waals surface area contributed by atoms with E-state index in [0.717, 1.165) is 35.1 Å². The lowest BCUT2D eigenvalue weighted by Gasteiger charge is -2.10. The second-order valence-electron chi connectivity index (χ2n) is 6.81. The molecule has 2 aliphatic carbocycles. The van der Waals surface area contributed by atoms with Crippen LogP contribution in [0.15, 0.2) is 24.3 Å². The first-order chi connectivity index (χ1) is 12.9. The van der Waals surface area contributed by atoms with E-state index in [2.05, 4.69) is 31.8 Å². The van der Waals surface area contributed by atoms with Crippen molar-refractivity contribution in [3.8, 4) is 16.9 Å². The molecule has 0 aromatic carbocycles. The minimum Gasteiger partial charge on any atom is -0.434 e. The van der Waals surface area contributed by atoms with Gasteiger partial charge in [0.25, 0.3) is 0 Å². The maximum Gasteiger partial charge on any atom is 0.513 e. The zero-order chi connectivity index (χ0) is 20.0. The van der Waals surface area contributed by atoms with Crippen LogP contribution in [0.2, 0.25) is 0 Å². The average Bonchev–Trinajstić information content (AvgIpc) is 2.74. The summed E-state index contributed by atoms with van der Waals surface area (Å²) in [4.78, 5) is 23.8. The molecule has 0 fully saturated rings. The van der Waals surface area contributed by atoms with Crippen LogP contribution in [0, 0.1) is 5.92 Å². The van der Waals surface area contributed by atoms with Crippen molar-refractivity contribution in [3.05, 3.63) is 35.4 Å². The number of ether oxygens (including phenoxy) is 2. The van der Waals surface area contributed by atoms with Gasteiger partial charge in [0, 0.05) is 18.2 Å². The normalized spacial score (nSPS) is 10.9. The lowest BCUT2D eigenvalue weighted by Crippen LogP contribution is -2.13. The first kappa shape index (κ1) is 21.1. The van der Waals surface area contributed by atoms with Crippen molar-refractivity contribution in [2.24, 2.45) is 5.92 Å². The Hall–Kier alpha value is -2.21. The molecule has 0 atom stereocenters. The van der Waals surface area contributed by atoms with Gasteiger partial charge in [-0.15, -0.1) is 0 Å². The topological polar surface area (TPSA) is 64.6 Å². The predicted molar refractivity (Wildman–Crippen MR) is 111 cm³/mol. The molecule has 0 heterocycles. The fraction of sp³-hybridized carbons (Fsp3) is 0.429. The van der Waals surface area contributed by atoms with Crippen LogP contribution in [0.5, 0.6) is 5.75 Å². The number of carbonyl (C=O) groups excluding carboxylic acids is 2. The number of anilines is 1. The molecule has 27 heavy (non-hydrogen) atoms. The molecule has 146 valence electrons. The van der Waals surface area contributed by atoms with Crippen LogP contribution in [0.3, 0.4) is 0 Å². The largest absolute Gasteiger partial charge is 0.513 e. The Bertz CT molecular complexity index is 788. The molecule has 5 nitrogen and oxygen atoms in total. The number of hydrogen-bond donors (Lipinski definition) is 2. The van der Waals surface area contributed by atoms with Crippen molar-refractivity contribution in [2.45, 2.75) is 46.3 Å². The molecular formula is C21H27NO4S. The van der Waals surface area contributed by atoms with Crippen molar-refractivity contribution in [2.75, 3.05) is 11.9 Å². The summed E-state index contributed by atoms with van der Waals surface area (Å²) in [7, 11) is 0.